The van der Waals surface area contributed by atoms with Gasteiger partial charge in [0.15, 0.2) is 0 Å². The third-order valence-electron chi connectivity index (χ3n) is 4.35. The van der Waals surface area contributed by atoms with Gasteiger partial charge in [0.25, 0.3) is 0 Å². The van der Waals surface area contributed by atoms with Crippen LogP contribution in [-0.4, -0.2) is 17.5 Å². The van der Waals surface area contributed by atoms with Gasteiger partial charge in [0, 0.05) is 6.04 Å². The normalized spacial score (nSPS) is 28.5. The third kappa shape index (κ3) is 2.03. The molecule has 1 amide bonds. The Kier molecular flexibility index (Phi) is 2.67. The van der Waals surface area contributed by atoms with Crippen LogP contribution in [-0.2, 0) is 4.79 Å². The average molecular weight is 244 g/mol. The van der Waals surface area contributed by atoms with Crippen molar-refractivity contribution >= 4 is 5.91 Å². The number of amides is 1. The first kappa shape index (κ1) is 11.7. The van der Waals surface area contributed by atoms with Crippen molar-refractivity contribution in [3.63, 3.8) is 0 Å². The molecule has 0 heterocycles. The van der Waals surface area contributed by atoms with Crippen LogP contribution in [0.15, 0.2) is 24.3 Å². The molecule has 0 saturated heterocycles. The van der Waals surface area contributed by atoms with Crippen molar-refractivity contribution in [2.45, 2.75) is 50.1 Å². The Hall–Kier alpha value is -1.35. The molecule has 0 spiro atoms. The Morgan fingerprint density at radius 3 is 2.67 bits per heavy atom. The molecule has 3 heteroatoms. The Morgan fingerprint density at radius 2 is 2.11 bits per heavy atom. The molecule has 0 radical (unpaired) electrons. The second-order valence-electron chi connectivity index (χ2n) is 5.87. The summed E-state index contributed by atoms with van der Waals surface area (Å²) in [6.45, 7) is 2.13. The van der Waals surface area contributed by atoms with Gasteiger partial charge < -0.3 is 11.1 Å². The Morgan fingerprint density at radius 1 is 1.39 bits per heavy atom. The number of carbonyl (C=O) groups excluding carboxylic acids is 1. The van der Waals surface area contributed by atoms with E-state index in [0.29, 0.717) is 12.0 Å². The Labute approximate surface area is 108 Å². The molecule has 1 aromatic rings. The van der Waals surface area contributed by atoms with Gasteiger partial charge in [-0.3, -0.25) is 4.79 Å². The number of nitrogens with one attached hydrogen (secondary N) is 1. The summed E-state index contributed by atoms with van der Waals surface area (Å²) in [4.78, 5) is 11.3. The van der Waals surface area contributed by atoms with Crippen molar-refractivity contribution < 1.29 is 4.79 Å². The lowest BCUT2D eigenvalue weighted by Crippen LogP contribution is -2.52. The predicted molar refractivity (Wildman–Crippen MR) is 71.2 cm³/mol. The fourth-order valence-corrected chi connectivity index (χ4v) is 2.91. The number of hydrogen-bond acceptors (Lipinski definition) is 2. The van der Waals surface area contributed by atoms with E-state index in [-0.39, 0.29) is 11.4 Å². The summed E-state index contributed by atoms with van der Waals surface area (Å²) in [5.74, 6) is 0.465. The minimum Gasteiger partial charge on any atom is -0.368 e. The van der Waals surface area contributed by atoms with E-state index in [2.05, 4.69) is 36.5 Å². The maximum Gasteiger partial charge on any atom is 0.237 e. The number of benzene rings is 1. The zero-order valence-corrected chi connectivity index (χ0v) is 10.8. The van der Waals surface area contributed by atoms with Crippen molar-refractivity contribution in [3.8, 4) is 0 Å². The predicted octanol–water partition coefficient (Wildman–Crippen LogP) is 1.85. The van der Waals surface area contributed by atoms with Crippen LogP contribution in [0.25, 0.3) is 0 Å². The zero-order chi connectivity index (χ0) is 12.8. The molecule has 18 heavy (non-hydrogen) atoms. The lowest BCUT2D eigenvalue weighted by Gasteiger charge is -2.38. The molecule has 3 nitrogen and oxygen atoms in total. The molecule has 3 rings (SSSR count). The molecule has 96 valence electrons. The summed E-state index contributed by atoms with van der Waals surface area (Å²) in [6, 6.07) is 9.18. The fourth-order valence-electron chi connectivity index (χ4n) is 2.91. The maximum absolute atomic E-state index is 11.3. The van der Waals surface area contributed by atoms with Gasteiger partial charge in [0.2, 0.25) is 5.91 Å². The molecular weight excluding hydrogens is 224 g/mol. The molecular formula is C15H20N2O. The van der Waals surface area contributed by atoms with E-state index in [9.17, 15) is 4.79 Å². The van der Waals surface area contributed by atoms with Crippen LogP contribution in [0.5, 0.6) is 0 Å². The molecule has 3 N–H and O–H groups in total. The van der Waals surface area contributed by atoms with E-state index in [4.69, 9.17) is 5.73 Å². The molecule has 0 aromatic heterocycles. The standard InChI is InChI=1S/C15H20N2O/c1-10-3-2-4-11(7-10)12-8-13(9-12)17-15(5-6-15)14(16)18/h2-4,7,12-13,17H,5-6,8-9H2,1H3,(H2,16,18). The Bertz CT molecular complexity index is 473. The first-order valence-electron chi connectivity index (χ1n) is 6.73. The van der Waals surface area contributed by atoms with Gasteiger partial charge in [0.05, 0.1) is 5.54 Å². The molecule has 2 saturated carbocycles. The van der Waals surface area contributed by atoms with Gasteiger partial charge in [-0.05, 0) is 44.1 Å². The summed E-state index contributed by atoms with van der Waals surface area (Å²) < 4.78 is 0. The number of nitrogens with two attached hydrogens (primary N) is 1. The van der Waals surface area contributed by atoms with Crippen LogP contribution in [0, 0.1) is 6.92 Å². The van der Waals surface area contributed by atoms with Crippen LogP contribution in [0.3, 0.4) is 0 Å². The molecule has 1 aromatic carbocycles. The van der Waals surface area contributed by atoms with E-state index >= 15 is 0 Å². The van der Waals surface area contributed by atoms with Gasteiger partial charge >= 0.3 is 0 Å². The van der Waals surface area contributed by atoms with Crippen LogP contribution < -0.4 is 11.1 Å². The third-order valence-corrected chi connectivity index (χ3v) is 4.35. The second kappa shape index (κ2) is 4.09. The smallest absolute Gasteiger partial charge is 0.237 e. The highest BCUT2D eigenvalue weighted by Crippen LogP contribution is 2.42. The van der Waals surface area contributed by atoms with Crippen molar-refractivity contribution in [1.82, 2.24) is 5.32 Å². The van der Waals surface area contributed by atoms with Crippen molar-refractivity contribution in [2.24, 2.45) is 5.73 Å². The van der Waals surface area contributed by atoms with Crippen LogP contribution in [0.1, 0.15) is 42.7 Å². The van der Waals surface area contributed by atoms with Gasteiger partial charge in [-0.25, -0.2) is 0 Å². The van der Waals surface area contributed by atoms with Crippen LogP contribution in [0.4, 0.5) is 0 Å². The topological polar surface area (TPSA) is 55.1 Å². The van der Waals surface area contributed by atoms with Crippen LogP contribution in [0.2, 0.25) is 0 Å². The lowest BCUT2D eigenvalue weighted by atomic mass is 9.75. The maximum atomic E-state index is 11.3. The summed E-state index contributed by atoms with van der Waals surface area (Å²) in [7, 11) is 0. The minimum absolute atomic E-state index is 0.179. The second-order valence-corrected chi connectivity index (χ2v) is 5.87. The van der Waals surface area contributed by atoms with E-state index in [1.807, 2.05) is 0 Å². The van der Waals surface area contributed by atoms with Crippen molar-refractivity contribution in [2.75, 3.05) is 0 Å². The average Bonchev–Trinajstić information content (AvgIpc) is 3.04. The first-order valence-corrected chi connectivity index (χ1v) is 6.73. The zero-order valence-electron chi connectivity index (χ0n) is 10.8. The first-order chi connectivity index (χ1) is 8.59. The van der Waals surface area contributed by atoms with E-state index < -0.39 is 0 Å². The van der Waals surface area contributed by atoms with Gasteiger partial charge in [-0.2, -0.15) is 0 Å². The van der Waals surface area contributed by atoms with Crippen LogP contribution >= 0.6 is 0 Å². The van der Waals surface area contributed by atoms with Crippen molar-refractivity contribution in [1.29, 1.82) is 0 Å². The quantitative estimate of drug-likeness (QED) is 0.849. The highest BCUT2D eigenvalue weighted by molar-refractivity contribution is 5.87. The van der Waals surface area contributed by atoms with E-state index in [1.165, 1.54) is 11.1 Å². The number of rotatable bonds is 4. The summed E-state index contributed by atoms with van der Waals surface area (Å²) in [5, 5.41) is 3.44. The molecule has 0 atom stereocenters. The monoisotopic (exact) mass is 244 g/mol. The molecule has 2 aliphatic carbocycles. The highest BCUT2D eigenvalue weighted by Gasteiger charge is 2.51. The summed E-state index contributed by atoms with van der Waals surface area (Å²) >= 11 is 0. The largest absolute Gasteiger partial charge is 0.368 e. The Balaban J connectivity index is 1.56. The highest BCUT2D eigenvalue weighted by atomic mass is 16.1. The summed E-state index contributed by atoms with van der Waals surface area (Å²) in [5.41, 5.74) is 7.81. The molecule has 2 fully saturated rings. The fraction of sp³-hybridized carbons (Fsp3) is 0.533. The van der Waals surface area contributed by atoms with E-state index in [1.54, 1.807) is 0 Å². The van der Waals surface area contributed by atoms with Crippen molar-refractivity contribution in [3.05, 3.63) is 35.4 Å². The number of carbonyl (C=O) groups is 1. The number of hydrogen-bond donors (Lipinski definition) is 2. The SMILES string of the molecule is Cc1cccc(C2CC(NC3(C(N)=O)CC3)C2)c1. The molecule has 0 aliphatic heterocycles. The number of aryl methyl sites for hydroxylation is 1. The molecule has 0 bridgehead atoms. The van der Waals surface area contributed by atoms with E-state index in [0.717, 1.165) is 25.7 Å². The number of primary amides is 1. The van der Waals surface area contributed by atoms with Gasteiger partial charge in [-0.15, -0.1) is 0 Å². The summed E-state index contributed by atoms with van der Waals surface area (Å²) in [6.07, 6.45) is 4.07. The molecule has 0 unspecified atom stereocenters. The minimum atomic E-state index is -0.359. The van der Waals surface area contributed by atoms with Gasteiger partial charge in [0.1, 0.15) is 0 Å². The lowest BCUT2D eigenvalue weighted by molar-refractivity contribution is -0.121. The molecule has 2 aliphatic rings. The van der Waals surface area contributed by atoms with Gasteiger partial charge in [-0.1, -0.05) is 29.8 Å².